The van der Waals surface area contributed by atoms with Crippen LogP contribution in [-0.2, 0) is 0 Å². The Morgan fingerprint density at radius 1 is 1.13 bits per heavy atom. The minimum Gasteiger partial charge on any atom is -0.192 e. The number of nitriles is 1. The molecule has 15 heavy (non-hydrogen) atoms. The molecule has 0 saturated heterocycles. The van der Waals surface area contributed by atoms with Crippen LogP contribution in [0.3, 0.4) is 0 Å². The first-order chi connectivity index (χ1) is 6.44. The number of benzene rings is 1. The zero-order valence-corrected chi connectivity index (χ0v) is 8.43. The lowest BCUT2D eigenvalue weighted by molar-refractivity contribution is 0.364. The second kappa shape index (κ2) is 2.57. The topological polar surface area (TPSA) is 23.8 Å². The summed E-state index contributed by atoms with van der Waals surface area (Å²) in [6.07, 6.45) is 0. The monoisotopic (exact) mass is 263 g/mol. The van der Waals surface area contributed by atoms with Gasteiger partial charge in [0, 0.05) is 0 Å². The van der Waals surface area contributed by atoms with Crippen molar-refractivity contribution in [2.45, 2.75) is 4.90 Å². The minimum atomic E-state index is -9.72. The Balaban J connectivity index is 3.52. The lowest BCUT2D eigenvalue weighted by Crippen LogP contribution is -2.06. The Hall–Kier alpha value is -1.00. The van der Waals surface area contributed by atoms with E-state index in [-0.39, 0.29) is 17.2 Å². The summed E-state index contributed by atoms with van der Waals surface area (Å²) in [5.41, 5.74) is -0.637. The molecule has 0 aromatic heterocycles. The van der Waals surface area contributed by atoms with Crippen molar-refractivity contribution in [3.05, 3.63) is 28.8 Å². The van der Waals surface area contributed by atoms with Crippen molar-refractivity contribution in [3.63, 3.8) is 0 Å². The molecule has 0 saturated carbocycles. The molecule has 0 atom stereocenters. The molecule has 0 fully saturated rings. The number of halogens is 6. The number of rotatable bonds is 1. The van der Waals surface area contributed by atoms with E-state index in [1.165, 1.54) is 6.07 Å². The van der Waals surface area contributed by atoms with E-state index >= 15 is 0 Å². The molecule has 0 amide bonds. The number of nitrogens with zero attached hydrogens (tertiary/aromatic N) is 1. The van der Waals surface area contributed by atoms with Crippen LogP contribution in [0.25, 0.3) is 0 Å². The van der Waals surface area contributed by atoms with Crippen molar-refractivity contribution in [3.8, 4) is 6.07 Å². The van der Waals surface area contributed by atoms with Gasteiger partial charge in [0.25, 0.3) is 0 Å². The van der Waals surface area contributed by atoms with Crippen molar-refractivity contribution in [1.29, 1.82) is 5.26 Å². The summed E-state index contributed by atoms with van der Waals surface area (Å²) in [5, 5.41) is 8.04. The molecular weight excluding hydrogens is 261 g/mol. The Morgan fingerprint density at radius 2 is 1.67 bits per heavy atom. The van der Waals surface area contributed by atoms with E-state index in [0.717, 1.165) is 0 Å². The standard InChI is InChI=1S/C7H3ClF5NS/c8-7-2-1-6(3-5(7)4-14)15(9,10,11,12)13/h1-3H. The average molecular weight is 264 g/mol. The van der Waals surface area contributed by atoms with Gasteiger partial charge in [-0.1, -0.05) is 31.0 Å². The zero-order chi connectivity index (χ0) is 12.0. The van der Waals surface area contributed by atoms with E-state index in [1.807, 2.05) is 0 Å². The van der Waals surface area contributed by atoms with Gasteiger partial charge in [0.05, 0.1) is 10.6 Å². The predicted octanol–water partition coefficient (Wildman–Crippen LogP) is 4.87. The fourth-order valence-electron chi connectivity index (χ4n) is 0.830. The Kier molecular flexibility index (Phi) is 2.07. The highest BCUT2D eigenvalue weighted by molar-refractivity contribution is 8.45. The fourth-order valence-corrected chi connectivity index (χ4v) is 1.66. The Morgan fingerprint density at radius 3 is 2.07 bits per heavy atom. The molecule has 1 aromatic carbocycles. The fraction of sp³-hybridized carbons (Fsp3) is 0. The molecule has 0 spiro atoms. The summed E-state index contributed by atoms with van der Waals surface area (Å²) in [7, 11) is -9.72. The van der Waals surface area contributed by atoms with E-state index in [2.05, 4.69) is 0 Å². The van der Waals surface area contributed by atoms with Gasteiger partial charge in [-0.05, 0) is 18.2 Å². The molecule has 0 N–H and O–H groups in total. The minimum absolute atomic E-state index is 0.0455. The molecule has 1 nitrogen and oxygen atoms in total. The molecule has 0 radical (unpaired) electrons. The van der Waals surface area contributed by atoms with Crippen LogP contribution in [0.2, 0.25) is 5.02 Å². The molecule has 0 heterocycles. The Bertz CT molecular complexity index is 460. The average Bonchev–Trinajstić information content (AvgIpc) is 2.00. The lowest BCUT2D eigenvalue weighted by Gasteiger charge is -2.40. The highest BCUT2D eigenvalue weighted by Crippen LogP contribution is 3.02. The van der Waals surface area contributed by atoms with Crippen LogP contribution in [0.1, 0.15) is 5.56 Å². The van der Waals surface area contributed by atoms with Crippen molar-refractivity contribution < 1.29 is 19.4 Å². The first-order valence-electron chi connectivity index (χ1n) is 3.38. The van der Waals surface area contributed by atoms with E-state index < -0.39 is 20.7 Å². The van der Waals surface area contributed by atoms with Crippen molar-refractivity contribution in [2.75, 3.05) is 0 Å². The molecule has 0 aliphatic heterocycles. The predicted molar refractivity (Wildman–Crippen MR) is 47.6 cm³/mol. The van der Waals surface area contributed by atoms with Gasteiger partial charge in [0.1, 0.15) is 11.0 Å². The molecule has 0 aliphatic rings. The molecule has 1 aromatic rings. The van der Waals surface area contributed by atoms with Gasteiger partial charge in [-0.25, -0.2) is 0 Å². The van der Waals surface area contributed by atoms with Crippen LogP contribution in [0.4, 0.5) is 19.4 Å². The Labute approximate surface area is 86.8 Å². The largest absolute Gasteiger partial charge is 0.310 e. The van der Waals surface area contributed by atoms with Crippen LogP contribution >= 0.6 is 21.8 Å². The van der Waals surface area contributed by atoms with Gasteiger partial charge in [-0.2, -0.15) is 5.26 Å². The van der Waals surface area contributed by atoms with Gasteiger partial charge in [-0.3, -0.25) is 0 Å². The van der Waals surface area contributed by atoms with Crippen LogP contribution in [-0.4, -0.2) is 0 Å². The van der Waals surface area contributed by atoms with E-state index in [1.54, 1.807) is 0 Å². The van der Waals surface area contributed by atoms with E-state index in [0.29, 0.717) is 6.07 Å². The summed E-state index contributed by atoms with van der Waals surface area (Å²) in [6, 6.07) is 2.12. The van der Waals surface area contributed by atoms with Crippen LogP contribution in [0.15, 0.2) is 23.1 Å². The van der Waals surface area contributed by atoms with E-state index in [9.17, 15) is 19.4 Å². The first-order valence-corrected chi connectivity index (χ1v) is 5.71. The molecule has 1 rings (SSSR count). The number of hydrogen-bond donors (Lipinski definition) is 0. The van der Waals surface area contributed by atoms with Gasteiger partial charge in [-0.15, -0.1) is 0 Å². The van der Waals surface area contributed by atoms with Gasteiger partial charge < -0.3 is 0 Å². The summed E-state index contributed by atoms with van der Waals surface area (Å²) in [6.45, 7) is 0. The SMILES string of the molecule is N#Cc1cc(S(F)(F)(F)(F)F)ccc1Cl. The summed E-state index contributed by atoms with van der Waals surface area (Å²) in [4.78, 5) is -2.11. The number of hydrogen-bond acceptors (Lipinski definition) is 1. The molecule has 84 valence electrons. The maximum absolute atomic E-state index is 12.2. The molecular formula is C7H3ClF5NS. The van der Waals surface area contributed by atoms with Crippen LogP contribution < -0.4 is 0 Å². The highest BCUT2D eigenvalue weighted by atomic mass is 35.5. The second-order valence-electron chi connectivity index (χ2n) is 2.72. The zero-order valence-electron chi connectivity index (χ0n) is 6.86. The maximum Gasteiger partial charge on any atom is 0.310 e. The normalized spacial score (nSPS) is 16.3. The summed E-state index contributed by atoms with van der Waals surface area (Å²) >= 11 is 5.32. The highest BCUT2D eigenvalue weighted by Gasteiger charge is 2.65. The third-order valence-electron chi connectivity index (χ3n) is 1.50. The van der Waals surface area contributed by atoms with Crippen molar-refractivity contribution >= 4 is 21.8 Å². The van der Waals surface area contributed by atoms with Gasteiger partial charge in [0.2, 0.25) is 0 Å². The quantitative estimate of drug-likeness (QED) is 0.663. The third kappa shape index (κ3) is 2.73. The lowest BCUT2D eigenvalue weighted by atomic mass is 10.2. The summed E-state index contributed by atoms with van der Waals surface area (Å²) in [5.74, 6) is 0. The second-order valence-corrected chi connectivity index (χ2v) is 5.54. The first kappa shape index (κ1) is 12.1. The molecule has 0 unspecified atom stereocenters. The smallest absolute Gasteiger partial charge is 0.192 e. The third-order valence-corrected chi connectivity index (χ3v) is 2.98. The van der Waals surface area contributed by atoms with Crippen LogP contribution in [0, 0.1) is 11.3 Å². The van der Waals surface area contributed by atoms with Gasteiger partial charge in [0.15, 0.2) is 0 Å². The molecule has 0 bridgehead atoms. The maximum atomic E-state index is 12.2. The van der Waals surface area contributed by atoms with Gasteiger partial charge >= 0.3 is 10.2 Å². The molecule has 0 aliphatic carbocycles. The van der Waals surface area contributed by atoms with E-state index in [4.69, 9.17) is 16.9 Å². The van der Waals surface area contributed by atoms with Crippen LogP contribution in [0.5, 0.6) is 0 Å². The van der Waals surface area contributed by atoms with Crippen molar-refractivity contribution in [1.82, 2.24) is 0 Å². The summed E-state index contributed by atoms with van der Waals surface area (Å²) < 4.78 is 61.2. The van der Waals surface area contributed by atoms with Crippen molar-refractivity contribution in [2.24, 2.45) is 0 Å². The molecule has 8 heteroatoms.